The topological polar surface area (TPSA) is 67.1 Å². The van der Waals surface area contributed by atoms with E-state index in [1.807, 2.05) is 24.3 Å². The molecule has 1 amide bonds. The van der Waals surface area contributed by atoms with Gasteiger partial charge in [-0.2, -0.15) is 0 Å². The summed E-state index contributed by atoms with van der Waals surface area (Å²) in [6.45, 7) is 0.581. The van der Waals surface area contributed by atoms with Crippen LogP contribution in [0.5, 0.6) is 0 Å². The Balaban J connectivity index is 1.83. The molecule has 0 aromatic heterocycles. The van der Waals surface area contributed by atoms with Crippen LogP contribution < -0.4 is 16.6 Å². The molecule has 2 rings (SSSR count). The molecule has 0 aliphatic heterocycles. The Morgan fingerprint density at radius 3 is 2.30 bits per heavy atom. The van der Waals surface area contributed by atoms with Gasteiger partial charge in [0.2, 0.25) is 0 Å². The summed E-state index contributed by atoms with van der Waals surface area (Å²) in [5.74, 6) is 5.18. The van der Waals surface area contributed by atoms with Crippen LogP contribution in [-0.4, -0.2) is 12.5 Å². The Morgan fingerprint density at radius 1 is 1.05 bits per heavy atom. The van der Waals surface area contributed by atoms with Gasteiger partial charge in [0.1, 0.15) is 0 Å². The number of nitrogens with two attached hydrogens (primary N) is 1. The Kier molecular flexibility index (Phi) is 4.98. The van der Waals surface area contributed by atoms with Gasteiger partial charge >= 0.3 is 0 Å². The first kappa shape index (κ1) is 14.4. The normalized spacial score (nSPS) is 10.1. The molecule has 0 atom stereocenters. The van der Waals surface area contributed by atoms with Crippen molar-refractivity contribution in [3.05, 3.63) is 64.7 Å². The van der Waals surface area contributed by atoms with Crippen molar-refractivity contribution in [2.45, 2.75) is 6.42 Å². The van der Waals surface area contributed by atoms with Crippen LogP contribution in [0.3, 0.4) is 0 Å². The van der Waals surface area contributed by atoms with Crippen LogP contribution in [-0.2, 0) is 6.42 Å². The number of carbonyl (C=O) groups is 1. The zero-order chi connectivity index (χ0) is 14.4. The van der Waals surface area contributed by atoms with Crippen molar-refractivity contribution in [2.75, 3.05) is 12.0 Å². The molecule has 0 unspecified atom stereocenters. The van der Waals surface area contributed by atoms with Gasteiger partial charge in [0.15, 0.2) is 0 Å². The molecule has 0 saturated heterocycles. The first-order valence-electron chi connectivity index (χ1n) is 6.28. The lowest BCUT2D eigenvalue weighted by Crippen LogP contribution is -2.25. The number of nitrogens with one attached hydrogen (secondary N) is 2. The number of carbonyl (C=O) groups excluding carboxylic acids is 1. The van der Waals surface area contributed by atoms with Gasteiger partial charge < -0.3 is 10.7 Å². The quantitative estimate of drug-likeness (QED) is 0.585. The number of nitrogen functional groups attached to an aromatic ring is 1. The highest BCUT2D eigenvalue weighted by Gasteiger charge is 2.04. The Morgan fingerprint density at radius 2 is 1.70 bits per heavy atom. The van der Waals surface area contributed by atoms with E-state index in [-0.39, 0.29) is 5.91 Å². The Hall–Kier alpha value is -2.04. The van der Waals surface area contributed by atoms with Gasteiger partial charge in [0, 0.05) is 22.8 Å². The lowest BCUT2D eigenvalue weighted by molar-refractivity contribution is 0.0954. The molecule has 20 heavy (non-hydrogen) atoms. The Labute approximate surface area is 122 Å². The van der Waals surface area contributed by atoms with Crippen LogP contribution in [0, 0.1) is 0 Å². The summed E-state index contributed by atoms with van der Waals surface area (Å²) >= 11 is 5.82. The molecule has 0 heterocycles. The zero-order valence-electron chi connectivity index (χ0n) is 10.9. The molecule has 5 heteroatoms. The predicted octanol–water partition coefficient (Wildman–Crippen LogP) is 2.60. The molecule has 2 aromatic carbocycles. The third kappa shape index (κ3) is 3.98. The summed E-state index contributed by atoms with van der Waals surface area (Å²) in [7, 11) is 0. The third-order valence-electron chi connectivity index (χ3n) is 2.93. The van der Waals surface area contributed by atoms with Crippen molar-refractivity contribution in [2.24, 2.45) is 5.84 Å². The highest BCUT2D eigenvalue weighted by Crippen LogP contribution is 2.10. The van der Waals surface area contributed by atoms with E-state index in [0.717, 1.165) is 17.7 Å². The average Bonchev–Trinajstić information content (AvgIpc) is 2.49. The second-order valence-electron chi connectivity index (χ2n) is 4.35. The van der Waals surface area contributed by atoms with Crippen molar-refractivity contribution in [1.82, 2.24) is 5.32 Å². The summed E-state index contributed by atoms with van der Waals surface area (Å²) in [5.41, 5.74) is 5.03. The van der Waals surface area contributed by atoms with Crippen LogP contribution in [0.1, 0.15) is 15.9 Å². The summed E-state index contributed by atoms with van der Waals surface area (Å²) in [5, 5.41) is 3.59. The number of hydrazine groups is 1. The average molecular weight is 290 g/mol. The molecular formula is C15H16ClN3O. The van der Waals surface area contributed by atoms with E-state index in [2.05, 4.69) is 10.7 Å². The van der Waals surface area contributed by atoms with Gasteiger partial charge in [-0.1, -0.05) is 23.7 Å². The second kappa shape index (κ2) is 6.93. The largest absolute Gasteiger partial charge is 0.352 e. The third-order valence-corrected chi connectivity index (χ3v) is 3.18. The minimum Gasteiger partial charge on any atom is -0.352 e. The van der Waals surface area contributed by atoms with Gasteiger partial charge in [-0.15, -0.1) is 0 Å². The van der Waals surface area contributed by atoms with Crippen molar-refractivity contribution in [3.8, 4) is 0 Å². The van der Waals surface area contributed by atoms with Gasteiger partial charge in [-0.3, -0.25) is 10.6 Å². The molecule has 0 saturated carbocycles. The van der Waals surface area contributed by atoms with Gasteiger partial charge in [0.05, 0.1) is 0 Å². The number of benzene rings is 2. The van der Waals surface area contributed by atoms with Crippen molar-refractivity contribution >= 4 is 23.2 Å². The number of halogens is 1. The lowest BCUT2D eigenvalue weighted by atomic mass is 10.1. The molecule has 2 aromatic rings. The molecule has 0 aliphatic rings. The number of hydrogen-bond acceptors (Lipinski definition) is 3. The van der Waals surface area contributed by atoms with Gasteiger partial charge in [0.25, 0.3) is 5.91 Å². The molecule has 0 fully saturated rings. The molecule has 4 N–H and O–H groups in total. The minimum absolute atomic E-state index is 0.0949. The van der Waals surface area contributed by atoms with Crippen molar-refractivity contribution in [1.29, 1.82) is 0 Å². The summed E-state index contributed by atoms with van der Waals surface area (Å²) in [6.07, 6.45) is 0.769. The van der Waals surface area contributed by atoms with Crippen molar-refractivity contribution < 1.29 is 4.79 Å². The molecule has 0 spiro atoms. The number of rotatable bonds is 5. The van der Waals surface area contributed by atoms with Crippen LogP contribution in [0.25, 0.3) is 0 Å². The number of hydrogen-bond donors (Lipinski definition) is 3. The fraction of sp³-hybridized carbons (Fsp3) is 0.133. The van der Waals surface area contributed by atoms with Crippen LogP contribution in [0.15, 0.2) is 48.5 Å². The first-order valence-corrected chi connectivity index (χ1v) is 6.66. The van der Waals surface area contributed by atoms with E-state index in [1.165, 1.54) is 0 Å². The van der Waals surface area contributed by atoms with E-state index in [1.54, 1.807) is 24.3 Å². The zero-order valence-corrected chi connectivity index (χ0v) is 11.7. The fourth-order valence-corrected chi connectivity index (χ4v) is 1.92. The van der Waals surface area contributed by atoms with E-state index < -0.39 is 0 Å². The maximum Gasteiger partial charge on any atom is 0.251 e. The summed E-state index contributed by atoms with van der Waals surface area (Å²) < 4.78 is 0. The maximum absolute atomic E-state index is 11.9. The molecular weight excluding hydrogens is 274 g/mol. The molecule has 4 nitrogen and oxygen atoms in total. The highest BCUT2D eigenvalue weighted by molar-refractivity contribution is 6.30. The standard InChI is InChI=1S/C15H16ClN3O/c16-13-5-1-11(2-6-13)9-10-18-15(20)12-3-7-14(19-17)8-4-12/h1-8,19H,9-10,17H2,(H,18,20). The first-order chi connectivity index (χ1) is 9.69. The highest BCUT2D eigenvalue weighted by atomic mass is 35.5. The van der Waals surface area contributed by atoms with Crippen LogP contribution >= 0.6 is 11.6 Å². The summed E-state index contributed by atoms with van der Waals surface area (Å²) in [6, 6.07) is 14.6. The van der Waals surface area contributed by atoms with E-state index in [9.17, 15) is 4.79 Å². The SMILES string of the molecule is NNc1ccc(C(=O)NCCc2ccc(Cl)cc2)cc1. The smallest absolute Gasteiger partial charge is 0.251 e. The molecule has 104 valence electrons. The monoisotopic (exact) mass is 289 g/mol. The van der Waals surface area contributed by atoms with Crippen LogP contribution in [0.4, 0.5) is 5.69 Å². The predicted molar refractivity (Wildman–Crippen MR) is 81.7 cm³/mol. The fourth-order valence-electron chi connectivity index (χ4n) is 1.79. The molecule has 0 radical (unpaired) electrons. The maximum atomic E-state index is 11.9. The lowest BCUT2D eigenvalue weighted by Gasteiger charge is -2.06. The van der Waals surface area contributed by atoms with Gasteiger partial charge in [-0.25, -0.2) is 0 Å². The van der Waals surface area contributed by atoms with E-state index in [4.69, 9.17) is 17.4 Å². The van der Waals surface area contributed by atoms with Gasteiger partial charge in [-0.05, 0) is 48.4 Å². The second-order valence-corrected chi connectivity index (χ2v) is 4.79. The number of amides is 1. The minimum atomic E-state index is -0.0949. The Bertz CT molecular complexity index is 567. The number of anilines is 1. The molecule has 0 aliphatic carbocycles. The molecule has 0 bridgehead atoms. The van der Waals surface area contributed by atoms with Crippen LogP contribution in [0.2, 0.25) is 5.02 Å². The van der Waals surface area contributed by atoms with E-state index >= 15 is 0 Å². The van der Waals surface area contributed by atoms with Crippen molar-refractivity contribution in [3.63, 3.8) is 0 Å². The summed E-state index contributed by atoms with van der Waals surface area (Å²) in [4.78, 5) is 11.9. The van der Waals surface area contributed by atoms with E-state index in [0.29, 0.717) is 17.1 Å².